The molecule has 0 amide bonds. The summed E-state index contributed by atoms with van der Waals surface area (Å²) in [6.07, 6.45) is 21.0. The number of hydrogen-bond acceptors (Lipinski definition) is 1. The van der Waals surface area contributed by atoms with Crippen molar-refractivity contribution in [3.8, 4) is 12.8 Å². The highest BCUT2D eigenvalue weighted by atomic mass is 14.9. The summed E-state index contributed by atoms with van der Waals surface area (Å²) in [6.45, 7) is 30.2. The van der Waals surface area contributed by atoms with Crippen LogP contribution in [0.2, 0.25) is 0 Å². The molecule has 1 N–H and O–H groups in total. The van der Waals surface area contributed by atoms with E-state index in [0.29, 0.717) is 11.3 Å². The lowest BCUT2D eigenvalue weighted by molar-refractivity contribution is 0.275. The lowest BCUT2D eigenvalue weighted by Crippen LogP contribution is -2.12. The minimum Gasteiger partial charge on any atom is -0.359 e. The molecule has 0 saturated heterocycles. The van der Waals surface area contributed by atoms with E-state index in [1.807, 2.05) is 13.8 Å². The fourth-order valence-corrected chi connectivity index (χ4v) is 3.24. The van der Waals surface area contributed by atoms with Gasteiger partial charge in [-0.1, -0.05) is 113 Å². The molecule has 0 aliphatic carbocycles. The predicted octanol–water partition coefficient (Wildman–Crippen LogP) is 11.1. The number of hydrogen-bond donors (Lipinski definition) is 1. The Hall–Kier alpha value is -2.20. The Balaban J connectivity index is -0.000000229. The van der Waals surface area contributed by atoms with Gasteiger partial charge in [-0.25, -0.2) is 0 Å². The lowest BCUT2D eigenvalue weighted by atomic mass is 9.82. The molecule has 0 saturated carbocycles. The molecule has 0 fully saturated rings. The molecule has 0 spiro atoms. The first-order valence-electron chi connectivity index (χ1n) is 13.2. The molecule has 1 heteroatoms. The molecule has 196 valence electrons. The van der Waals surface area contributed by atoms with Gasteiger partial charge in [0, 0.05) is 11.4 Å². The molecule has 0 radical (unpaired) electrons. The first kappa shape index (κ1) is 39.0. The quantitative estimate of drug-likeness (QED) is 0.215. The van der Waals surface area contributed by atoms with E-state index in [2.05, 4.69) is 136 Å². The van der Waals surface area contributed by atoms with Crippen molar-refractivity contribution < 1.29 is 0 Å². The van der Waals surface area contributed by atoms with Crippen LogP contribution >= 0.6 is 0 Å². The summed E-state index contributed by atoms with van der Waals surface area (Å²) in [7, 11) is 0. The molecule has 1 aromatic carbocycles. The topological polar surface area (TPSA) is 12.0 Å². The van der Waals surface area contributed by atoms with Gasteiger partial charge in [-0.2, -0.15) is 0 Å². The van der Waals surface area contributed by atoms with Crippen LogP contribution in [0.25, 0.3) is 0 Å². The summed E-state index contributed by atoms with van der Waals surface area (Å²) in [6, 6.07) is 8.59. The fourth-order valence-electron chi connectivity index (χ4n) is 3.24. The number of benzene rings is 1. The first-order valence-corrected chi connectivity index (χ1v) is 13.2. The Bertz CT molecular complexity index is 608. The van der Waals surface area contributed by atoms with Crippen molar-refractivity contribution in [1.82, 2.24) is 0 Å². The molecule has 34 heavy (non-hydrogen) atoms. The molecule has 1 rings (SSSR count). The summed E-state index contributed by atoms with van der Waals surface area (Å²) < 4.78 is 0. The number of allylic oxidation sites excluding steroid dienone is 4. The zero-order chi connectivity index (χ0) is 27.6. The van der Waals surface area contributed by atoms with Gasteiger partial charge in [0.25, 0.3) is 0 Å². The number of terminal acetylenes is 1. The van der Waals surface area contributed by atoms with Crippen molar-refractivity contribution in [1.29, 1.82) is 0 Å². The fraction of sp³-hybridized carbons (Fsp3) is 0.576. The molecule has 0 bridgehead atoms. The number of rotatable bonds is 9. The van der Waals surface area contributed by atoms with Crippen LogP contribution in [0.15, 0.2) is 61.3 Å². The maximum atomic E-state index is 4.00. The maximum absolute atomic E-state index is 4.00. The van der Waals surface area contributed by atoms with Gasteiger partial charge in [0.15, 0.2) is 0 Å². The van der Waals surface area contributed by atoms with Crippen LogP contribution in [-0.4, -0.2) is 0 Å². The summed E-state index contributed by atoms with van der Waals surface area (Å²) in [5, 5.41) is 3.38. The Kier molecular flexibility index (Phi) is 31.1. The van der Waals surface area contributed by atoms with Gasteiger partial charge in [0.2, 0.25) is 0 Å². The van der Waals surface area contributed by atoms with Gasteiger partial charge in [0.05, 0.1) is 0 Å². The van der Waals surface area contributed by atoms with Gasteiger partial charge < -0.3 is 5.32 Å². The van der Waals surface area contributed by atoms with E-state index in [1.54, 1.807) is 0 Å². The van der Waals surface area contributed by atoms with Crippen LogP contribution in [0, 0.1) is 30.1 Å². The molecule has 1 atom stereocenters. The van der Waals surface area contributed by atoms with Crippen molar-refractivity contribution in [2.45, 2.75) is 108 Å². The smallest absolute Gasteiger partial charge is 0.0381 e. The Labute approximate surface area is 216 Å². The molecule has 1 unspecified atom stereocenters. The van der Waals surface area contributed by atoms with Gasteiger partial charge in [0.1, 0.15) is 0 Å². The zero-order valence-corrected chi connectivity index (χ0v) is 24.8. The molecular formula is C33H59N. The van der Waals surface area contributed by atoms with Crippen LogP contribution in [0.3, 0.4) is 0 Å². The third-order valence-corrected chi connectivity index (χ3v) is 4.72. The summed E-state index contributed by atoms with van der Waals surface area (Å²) in [4.78, 5) is 0. The van der Waals surface area contributed by atoms with Crippen molar-refractivity contribution in [3.63, 3.8) is 0 Å². The van der Waals surface area contributed by atoms with Crippen molar-refractivity contribution in [3.05, 3.63) is 66.9 Å². The predicted molar refractivity (Wildman–Crippen MR) is 162 cm³/mol. The molecule has 0 heterocycles. The summed E-state index contributed by atoms with van der Waals surface area (Å²) in [5.74, 6) is 1.56. The zero-order valence-electron chi connectivity index (χ0n) is 24.8. The van der Waals surface area contributed by atoms with Gasteiger partial charge in [-0.15, -0.1) is 26.0 Å². The van der Waals surface area contributed by atoms with E-state index < -0.39 is 0 Å². The monoisotopic (exact) mass is 469 g/mol. The maximum Gasteiger partial charge on any atom is 0.0381 e. The van der Waals surface area contributed by atoms with Crippen molar-refractivity contribution >= 4 is 5.69 Å². The molecule has 0 aliphatic heterocycles. The normalized spacial score (nSPS) is 11.4. The SMILES string of the molecule is C#C.C=C.CC.CCCC(CC)CC(C)(C)C.CCc1ccc(N/C(C)=C/C=C\C(C)C)cc1. The molecule has 0 aromatic heterocycles. The van der Waals surface area contributed by atoms with E-state index >= 15 is 0 Å². The minimum absolute atomic E-state index is 0.524. The van der Waals surface area contributed by atoms with Crippen LogP contribution in [0.4, 0.5) is 5.69 Å². The number of nitrogens with one attached hydrogen (secondary N) is 1. The van der Waals surface area contributed by atoms with E-state index in [1.165, 1.54) is 31.2 Å². The molecule has 0 aliphatic rings. The molecule has 1 aromatic rings. The van der Waals surface area contributed by atoms with E-state index in [4.69, 9.17) is 0 Å². The van der Waals surface area contributed by atoms with Gasteiger partial charge in [-0.05, 0) is 60.8 Å². The average Bonchev–Trinajstić information content (AvgIpc) is 2.82. The number of anilines is 1. The van der Waals surface area contributed by atoms with E-state index in [-0.39, 0.29) is 0 Å². The second-order valence-corrected chi connectivity index (χ2v) is 9.48. The van der Waals surface area contributed by atoms with Crippen LogP contribution in [-0.2, 0) is 6.42 Å². The second-order valence-electron chi connectivity index (χ2n) is 9.48. The third kappa shape index (κ3) is 27.8. The Morgan fingerprint density at radius 1 is 1.00 bits per heavy atom. The molecule has 1 nitrogen and oxygen atoms in total. The second kappa shape index (κ2) is 27.0. The van der Waals surface area contributed by atoms with Crippen LogP contribution in [0.1, 0.15) is 107 Å². The lowest BCUT2D eigenvalue weighted by Gasteiger charge is -2.24. The highest BCUT2D eigenvalue weighted by Crippen LogP contribution is 2.28. The summed E-state index contributed by atoms with van der Waals surface area (Å²) >= 11 is 0. The summed E-state index contributed by atoms with van der Waals surface area (Å²) in [5.41, 5.74) is 4.20. The highest BCUT2D eigenvalue weighted by Gasteiger charge is 2.16. The highest BCUT2D eigenvalue weighted by molar-refractivity contribution is 5.49. The Morgan fingerprint density at radius 3 is 1.85 bits per heavy atom. The third-order valence-electron chi connectivity index (χ3n) is 4.72. The van der Waals surface area contributed by atoms with Gasteiger partial charge >= 0.3 is 0 Å². The first-order chi connectivity index (χ1) is 16.1. The van der Waals surface area contributed by atoms with Crippen molar-refractivity contribution in [2.24, 2.45) is 17.3 Å². The average molecular weight is 470 g/mol. The molecular weight excluding hydrogens is 410 g/mol. The van der Waals surface area contributed by atoms with Crippen molar-refractivity contribution in [2.75, 3.05) is 5.32 Å². The van der Waals surface area contributed by atoms with Gasteiger partial charge in [-0.3, -0.25) is 0 Å². The largest absolute Gasteiger partial charge is 0.359 e. The van der Waals surface area contributed by atoms with Crippen LogP contribution < -0.4 is 5.32 Å². The number of aryl methyl sites for hydroxylation is 1. The van der Waals surface area contributed by atoms with E-state index in [9.17, 15) is 0 Å². The standard InChI is InChI=1S/C16H23N.C11H24.C2H6.C2H4.C2H2/c1-5-15-9-11-16(12-10-15)17-14(4)8-6-7-13(2)3;1-6-8-10(7-2)9-11(3,4)5;3*1-2/h6-13,17H,5H2,1-4H3;10H,6-9H2,1-5H3;1-2H3;1-2H2;1-2H/b7-6-,14-8+;;;;. The van der Waals surface area contributed by atoms with Crippen LogP contribution in [0.5, 0.6) is 0 Å². The minimum atomic E-state index is 0.524. The van der Waals surface area contributed by atoms with E-state index in [0.717, 1.165) is 23.7 Å². The Morgan fingerprint density at radius 2 is 1.50 bits per heavy atom.